The monoisotopic (exact) mass is 340 g/mol. The van der Waals surface area contributed by atoms with Gasteiger partial charge in [0.05, 0.1) is 23.8 Å². The van der Waals surface area contributed by atoms with Gasteiger partial charge in [-0.15, -0.1) is 0 Å². The minimum absolute atomic E-state index is 0.00605. The Hall–Kier alpha value is -2.61. The van der Waals surface area contributed by atoms with E-state index < -0.39 is 0 Å². The predicted octanol–water partition coefficient (Wildman–Crippen LogP) is 0.965. The lowest BCUT2D eigenvalue weighted by molar-refractivity contribution is 0.0677. The third-order valence-corrected chi connectivity index (χ3v) is 4.96. The van der Waals surface area contributed by atoms with Crippen LogP contribution in [-0.4, -0.2) is 55.0 Å². The Morgan fingerprint density at radius 3 is 2.60 bits per heavy atom. The lowest BCUT2D eigenvalue weighted by atomic mass is 10.1. The van der Waals surface area contributed by atoms with Gasteiger partial charge in [-0.1, -0.05) is 0 Å². The van der Waals surface area contributed by atoms with E-state index in [9.17, 15) is 9.90 Å². The Balaban J connectivity index is 1.47. The molecule has 0 bridgehead atoms. The Bertz CT molecular complexity index is 747. The molecule has 2 aromatic heterocycles. The molecule has 1 amide bonds. The van der Waals surface area contributed by atoms with Crippen molar-refractivity contribution in [3.05, 3.63) is 42.2 Å². The van der Waals surface area contributed by atoms with Gasteiger partial charge in [0.1, 0.15) is 6.33 Å². The molecule has 25 heavy (non-hydrogen) atoms. The van der Waals surface area contributed by atoms with Crippen LogP contribution in [0.4, 0.5) is 5.95 Å². The van der Waals surface area contributed by atoms with E-state index in [0.717, 1.165) is 31.2 Å². The summed E-state index contributed by atoms with van der Waals surface area (Å²) >= 11 is 0. The quantitative estimate of drug-likeness (QED) is 0.835. The molecule has 8 nitrogen and oxygen atoms in total. The second-order valence-electron chi connectivity index (χ2n) is 6.61. The Morgan fingerprint density at radius 2 is 1.96 bits per heavy atom. The maximum absolute atomic E-state index is 12.5. The fourth-order valence-electron chi connectivity index (χ4n) is 3.33. The number of nitrogens with zero attached hydrogens (tertiary/aromatic N) is 5. The van der Waals surface area contributed by atoms with Crippen LogP contribution < -0.4 is 5.32 Å². The van der Waals surface area contributed by atoms with Gasteiger partial charge >= 0.3 is 0 Å². The molecule has 1 saturated carbocycles. The Morgan fingerprint density at radius 1 is 1.24 bits per heavy atom. The summed E-state index contributed by atoms with van der Waals surface area (Å²) < 4.78 is 0. The SMILES string of the molecule is O=C(c1cnc(NC2(c3cncnc3)CC2)nc1)N1CCC[C@H]1CO. The number of carbonyl (C=O) groups is 1. The van der Waals surface area contributed by atoms with Crippen LogP contribution in [0.3, 0.4) is 0 Å². The van der Waals surface area contributed by atoms with Crippen molar-refractivity contribution < 1.29 is 9.90 Å². The van der Waals surface area contributed by atoms with Crippen molar-refractivity contribution in [2.75, 3.05) is 18.5 Å². The predicted molar refractivity (Wildman–Crippen MR) is 89.7 cm³/mol. The zero-order valence-corrected chi connectivity index (χ0v) is 13.8. The van der Waals surface area contributed by atoms with Crippen molar-refractivity contribution >= 4 is 11.9 Å². The topological polar surface area (TPSA) is 104 Å². The summed E-state index contributed by atoms with van der Waals surface area (Å²) in [6.45, 7) is 0.662. The van der Waals surface area contributed by atoms with Gasteiger partial charge in [0, 0.05) is 36.9 Å². The van der Waals surface area contributed by atoms with Crippen molar-refractivity contribution in [1.29, 1.82) is 0 Å². The number of rotatable bonds is 5. The molecule has 8 heteroatoms. The maximum atomic E-state index is 12.5. The van der Waals surface area contributed by atoms with Gasteiger partial charge in [0.25, 0.3) is 5.91 Å². The lowest BCUT2D eigenvalue weighted by Crippen LogP contribution is -2.37. The van der Waals surface area contributed by atoms with Crippen LogP contribution in [0.15, 0.2) is 31.1 Å². The molecule has 1 aliphatic heterocycles. The van der Waals surface area contributed by atoms with E-state index in [4.69, 9.17) is 0 Å². The summed E-state index contributed by atoms with van der Waals surface area (Å²) in [5.74, 6) is 0.360. The van der Waals surface area contributed by atoms with E-state index >= 15 is 0 Å². The third kappa shape index (κ3) is 3.05. The maximum Gasteiger partial charge on any atom is 0.257 e. The van der Waals surface area contributed by atoms with Crippen LogP contribution in [0.5, 0.6) is 0 Å². The molecular weight excluding hydrogens is 320 g/mol. The Kier molecular flexibility index (Phi) is 4.04. The number of aromatic nitrogens is 4. The van der Waals surface area contributed by atoms with E-state index in [1.165, 1.54) is 6.33 Å². The van der Waals surface area contributed by atoms with E-state index in [1.54, 1.807) is 29.7 Å². The van der Waals surface area contributed by atoms with Crippen LogP contribution in [0.25, 0.3) is 0 Å². The number of amides is 1. The molecule has 0 unspecified atom stereocenters. The van der Waals surface area contributed by atoms with Gasteiger partial charge in [0.15, 0.2) is 0 Å². The van der Waals surface area contributed by atoms with E-state index in [1.807, 2.05) is 0 Å². The van der Waals surface area contributed by atoms with Crippen molar-refractivity contribution in [2.24, 2.45) is 0 Å². The number of hydrogen-bond donors (Lipinski definition) is 2. The van der Waals surface area contributed by atoms with Crippen molar-refractivity contribution in [3.8, 4) is 0 Å². The zero-order valence-electron chi connectivity index (χ0n) is 13.8. The average Bonchev–Trinajstić information content (AvgIpc) is 3.29. The lowest BCUT2D eigenvalue weighted by Gasteiger charge is -2.23. The zero-order chi connectivity index (χ0) is 17.3. The van der Waals surface area contributed by atoms with Gasteiger partial charge < -0.3 is 15.3 Å². The molecule has 2 aromatic rings. The first kappa shape index (κ1) is 15.9. The van der Waals surface area contributed by atoms with Crippen LogP contribution in [-0.2, 0) is 5.54 Å². The number of carbonyl (C=O) groups excluding carboxylic acids is 1. The molecule has 3 heterocycles. The molecule has 1 aliphatic carbocycles. The largest absolute Gasteiger partial charge is 0.394 e. The highest BCUT2D eigenvalue weighted by molar-refractivity contribution is 5.94. The Labute approximate surface area is 145 Å². The smallest absolute Gasteiger partial charge is 0.257 e. The highest BCUT2D eigenvalue weighted by Crippen LogP contribution is 2.47. The number of aliphatic hydroxyl groups excluding tert-OH is 1. The number of likely N-dealkylation sites (tertiary alicyclic amines) is 1. The third-order valence-electron chi connectivity index (χ3n) is 4.96. The molecule has 0 spiro atoms. The molecule has 0 aromatic carbocycles. The summed E-state index contributed by atoms with van der Waals surface area (Å²) in [5, 5.41) is 12.7. The minimum atomic E-state index is -0.205. The van der Waals surface area contributed by atoms with Gasteiger partial charge in [-0.3, -0.25) is 4.79 Å². The fourth-order valence-corrected chi connectivity index (χ4v) is 3.33. The normalized spacial score (nSPS) is 21.2. The second kappa shape index (κ2) is 6.36. The highest BCUT2D eigenvalue weighted by Gasteiger charge is 2.45. The number of anilines is 1. The summed E-state index contributed by atoms with van der Waals surface area (Å²) in [6, 6.07) is -0.0990. The van der Waals surface area contributed by atoms with Crippen molar-refractivity contribution in [2.45, 2.75) is 37.3 Å². The van der Waals surface area contributed by atoms with Crippen LogP contribution in [0, 0.1) is 0 Å². The molecule has 0 radical (unpaired) electrons. The van der Waals surface area contributed by atoms with E-state index in [0.29, 0.717) is 18.1 Å². The molecule has 4 rings (SSSR count). The fraction of sp³-hybridized carbons (Fsp3) is 0.471. The molecule has 2 N–H and O–H groups in total. The van der Waals surface area contributed by atoms with Gasteiger partial charge in [0.2, 0.25) is 5.95 Å². The van der Waals surface area contributed by atoms with Gasteiger partial charge in [-0.2, -0.15) is 0 Å². The van der Waals surface area contributed by atoms with Gasteiger partial charge in [-0.25, -0.2) is 19.9 Å². The number of nitrogens with one attached hydrogen (secondary N) is 1. The van der Waals surface area contributed by atoms with Crippen LogP contribution >= 0.6 is 0 Å². The first-order valence-electron chi connectivity index (χ1n) is 8.49. The molecular formula is C17H20N6O2. The van der Waals surface area contributed by atoms with Crippen molar-refractivity contribution in [1.82, 2.24) is 24.8 Å². The average molecular weight is 340 g/mol. The van der Waals surface area contributed by atoms with E-state index in [2.05, 4.69) is 25.3 Å². The number of aliphatic hydroxyl groups is 1. The standard InChI is InChI=1S/C17H20N6O2/c24-10-14-2-1-5-23(14)15(25)12-6-20-16(21-7-12)22-17(3-4-17)13-8-18-11-19-9-13/h6-9,11,14,24H,1-5,10H2,(H,20,21,22)/t14-/m0/s1. The molecule has 130 valence electrons. The highest BCUT2D eigenvalue weighted by atomic mass is 16.3. The summed E-state index contributed by atoms with van der Waals surface area (Å²) in [6.07, 6.45) is 11.9. The first-order valence-corrected chi connectivity index (χ1v) is 8.49. The van der Waals surface area contributed by atoms with Crippen LogP contribution in [0.1, 0.15) is 41.6 Å². The van der Waals surface area contributed by atoms with Gasteiger partial charge in [-0.05, 0) is 25.7 Å². The molecule has 2 aliphatic rings. The van der Waals surface area contributed by atoms with Crippen LogP contribution in [0.2, 0.25) is 0 Å². The molecule has 1 saturated heterocycles. The first-order chi connectivity index (χ1) is 12.2. The number of hydrogen-bond acceptors (Lipinski definition) is 7. The summed E-state index contributed by atoms with van der Waals surface area (Å²) in [4.78, 5) is 31.0. The minimum Gasteiger partial charge on any atom is -0.394 e. The molecule has 2 fully saturated rings. The summed E-state index contributed by atoms with van der Waals surface area (Å²) in [7, 11) is 0. The summed E-state index contributed by atoms with van der Waals surface area (Å²) in [5.41, 5.74) is 1.25. The molecule has 1 atom stereocenters. The second-order valence-corrected chi connectivity index (χ2v) is 6.61. The van der Waals surface area contributed by atoms with Crippen molar-refractivity contribution in [3.63, 3.8) is 0 Å². The van der Waals surface area contributed by atoms with E-state index in [-0.39, 0.29) is 24.1 Å².